The molecule has 1 N–H and O–H groups in total. The highest BCUT2D eigenvalue weighted by Gasteiger charge is 2.40. The van der Waals surface area contributed by atoms with E-state index in [9.17, 15) is 17.9 Å². The summed E-state index contributed by atoms with van der Waals surface area (Å²) in [5.41, 5.74) is 0. The number of hydrogen-bond acceptors (Lipinski definition) is 4. The highest BCUT2D eigenvalue weighted by atomic mass is 35.5. The number of aliphatic hydroxyl groups is 1. The minimum Gasteiger partial charge on any atom is -0.395 e. The normalized spacial score (nSPS) is 24.2. The van der Waals surface area contributed by atoms with E-state index in [2.05, 4.69) is 0 Å². The molecular weight excluding hydrogens is 309 g/mol. The lowest BCUT2D eigenvalue weighted by molar-refractivity contribution is 0.113. The van der Waals surface area contributed by atoms with Crippen LogP contribution in [-0.2, 0) is 14.8 Å². The molecule has 1 aliphatic rings. The molecule has 0 saturated carbocycles. The molecule has 20 heavy (non-hydrogen) atoms. The number of sulfonamides is 1. The quantitative estimate of drug-likeness (QED) is 0.905. The van der Waals surface area contributed by atoms with Crippen molar-refractivity contribution in [3.8, 4) is 0 Å². The molecule has 8 heteroatoms. The van der Waals surface area contributed by atoms with Gasteiger partial charge in [0.05, 0.1) is 23.8 Å². The Morgan fingerprint density at radius 1 is 1.55 bits per heavy atom. The summed E-state index contributed by atoms with van der Waals surface area (Å²) in [6, 6.07) is 2.55. The van der Waals surface area contributed by atoms with Gasteiger partial charge in [-0.05, 0) is 24.6 Å². The molecule has 0 unspecified atom stereocenters. The molecule has 0 aliphatic carbocycles. The van der Waals surface area contributed by atoms with Gasteiger partial charge in [0.1, 0.15) is 10.7 Å². The maximum atomic E-state index is 13.0. The number of ether oxygens (including phenoxy) is 1. The Morgan fingerprint density at radius 3 is 2.80 bits per heavy atom. The molecule has 1 aromatic carbocycles. The van der Waals surface area contributed by atoms with Gasteiger partial charge in [-0.25, -0.2) is 12.8 Å². The minimum atomic E-state index is -3.90. The smallest absolute Gasteiger partial charge is 0.244 e. The number of hydrogen-bond donors (Lipinski definition) is 1. The zero-order valence-corrected chi connectivity index (χ0v) is 12.4. The first kappa shape index (κ1) is 15.7. The number of halogens is 2. The van der Waals surface area contributed by atoms with E-state index in [-0.39, 0.29) is 29.2 Å². The van der Waals surface area contributed by atoms with E-state index in [1.54, 1.807) is 0 Å². The average Bonchev–Trinajstić information content (AvgIpc) is 2.82. The Hall–Kier alpha value is -0.730. The van der Waals surface area contributed by atoms with Gasteiger partial charge in [-0.1, -0.05) is 11.6 Å². The monoisotopic (exact) mass is 323 g/mol. The average molecular weight is 324 g/mol. The number of nitrogens with zero attached hydrogens (tertiary/aromatic N) is 1. The Bertz CT molecular complexity index is 595. The van der Waals surface area contributed by atoms with Gasteiger partial charge in [-0.3, -0.25) is 0 Å². The Kier molecular flexibility index (Phi) is 4.66. The van der Waals surface area contributed by atoms with Crippen LogP contribution in [0.3, 0.4) is 0 Å². The fourth-order valence-electron chi connectivity index (χ4n) is 2.29. The first-order valence-electron chi connectivity index (χ1n) is 6.00. The third-order valence-electron chi connectivity index (χ3n) is 3.35. The maximum Gasteiger partial charge on any atom is 0.244 e. The van der Waals surface area contributed by atoms with E-state index in [0.29, 0.717) is 6.42 Å². The predicted molar refractivity (Wildman–Crippen MR) is 71.6 cm³/mol. The fraction of sp³-hybridized carbons (Fsp3) is 0.500. The maximum absolute atomic E-state index is 13.0. The van der Waals surface area contributed by atoms with Crippen LogP contribution in [0.25, 0.3) is 0 Å². The summed E-state index contributed by atoms with van der Waals surface area (Å²) in [6.07, 6.45) is 0.131. The van der Waals surface area contributed by atoms with Crippen LogP contribution < -0.4 is 0 Å². The van der Waals surface area contributed by atoms with Gasteiger partial charge in [0.2, 0.25) is 10.0 Å². The summed E-state index contributed by atoms with van der Waals surface area (Å²) in [5, 5.41) is 9.14. The molecule has 112 valence electrons. The van der Waals surface area contributed by atoms with Gasteiger partial charge in [-0.2, -0.15) is 4.31 Å². The number of aliphatic hydroxyl groups excluding tert-OH is 1. The lowest BCUT2D eigenvalue weighted by atomic mass is 10.2. The summed E-state index contributed by atoms with van der Waals surface area (Å²) in [7, 11) is -2.41. The zero-order chi connectivity index (χ0) is 14.9. The Balaban J connectivity index is 2.39. The van der Waals surface area contributed by atoms with Crippen LogP contribution in [0, 0.1) is 5.82 Å². The van der Waals surface area contributed by atoms with E-state index in [0.717, 1.165) is 22.5 Å². The second-order valence-electron chi connectivity index (χ2n) is 4.58. The van der Waals surface area contributed by atoms with Gasteiger partial charge in [0.15, 0.2) is 0 Å². The Morgan fingerprint density at radius 2 is 2.25 bits per heavy atom. The van der Waals surface area contributed by atoms with Crippen LogP contribution in [0.4, 0.5) is 4.39 Å². The van der Waals surface area contributed by atoms with Crippen LogP contribution in [0.1, 0.15) is 6.42 Å². The van der Waals surface area contributed by atoms with Crippen molar-refractivity contribution in [1.29, 1.82) is 0 Å². The third kappa shape index (κ3) is 2.82. The molecule has 0 aromatic heterocycles. The first-order valence-corrected chi connectivity index (χ1v) is 7.82. The van der Waals surface area contributed by atoms with Crippen LogP contribution >= 0.6 is 11.6 Å². The molecule has 1 aromatic rings. The molecule has 1 saturated heterocycles. The van der Waals surface area contributed by atoms with Crippen molar-refractivity contribution in [2.24, 2.45) is 0 Å². The fourth-order valence-corrected chi connectivity index (χ4v) is 4.45. The highest BCUT2D eigenvalue weighted by molar-refractivity contribution is 7.89. The van der Waals surface area contributed by atoms with Gasteiger partial charge >= 0.3 is 0 Å². The van der Waals surface area contributed by atoms with E-state index in [4.69, 9.17) is 16.3 Å². The molecule has 0 spiro atoms. The topological polar surface area (TPSA) is 66.8 Å². The predicted octanol–water partition coefficient (Wildman–Crippen LogP) is 1.25. The van der Waals surface area contributed by atoms with Crippen molar-refractivity contribution in [3.05, 3.63) is 29.0 Å². The molecule has 0 bridgehead atoms. The summed E-state index contributed by atoms with van der Waals surface area (Å²) in [5.74, 6) is -0.608. The van der Waals surface area contributed by atoms with E-state index >= 15 is 0 Å². The molecule has 0 radical (unpaired) electrons. The Labute approximate surface area is 122 Å². The van der Waals surface area contributed by atoms with Crippen LogP contribution in [0.15, 0.2) is 23.1 Å². The lowest BCUT2D eigenvalue weighted by Gasteiger charge is -2.22. The van der Waals surface area contributed by atoms with Crippen molar-refractivity contribution >= 4 is 21.6 Å². The molecule has 5 nitrogen and oxygen atoms in total. The van der Waals surface area contributed by atoms with Crippen molar-refractivity contribution in [2.45, 2.75) is 23.5 Å². The second-order valence-corrected chi connectivity index (χ2v) is 6.85. The van der Waals surface area contributed by atoms with Crippen LogP contribution in [0.5, 0.6) is 0 Å². The van der Waals surface area contributed by atoms with Gasteiger partial charge in [-0.15, -0.1) is 0 Å². The highest BCUT2D eigenvalue weighted by Crippen LogP contribution is 2.31. The standard InChI is InChI=1S/C12H15ClFNO4S/c1-19-10-5-9(7-16)15(6-10)20(17,18)12-3-2-8(14)4-11(12)13/h2-4,9-10,16H,5-7H2,1H3/t9-,10+/m0/s1. The summed E-state index contributed by atoms with van der Waals surface area (Å²) in [6.45, 7) is -0.171. The zero-order valence-electron chi connectivity index (χ0n) is 10.8. The minimum absolute atomic E-state index is 0.137. The lowest BCUT2D eigenvalue weighted by Crippen LogP contribution is -2.38. The van der Waals surface area contributed by atoms with Crippen LogP contribution in [0.2, 0.25) is 5.02 Å². The van der Waals surface area contributed by atoms with Gasteiger partial charge in [0, 0.05) is 13.7 Å². The van der Waals surface area contributed by atoms with E-state index < -0.39 is 21.9 Å². The molecule has 2 rings (SSSR count). The van der Waals surface area contributed by atoms with Crippen molar-refractivity contribution in [1.82, 2.24) is 4.31 Å². The first-order chi connectivity index (χ1) is 9.40. The number of rotatable bonds is 4. The molecule has 1 aliphatic heterocycles. The van der Waals surface area contributed by atoms with Gasteiger partial charge in [0.25, 0.3) is 0 Å². The number of benzene rings is 1. The van der Waals surface area contributed by atoms with E-state index in [1.807, 2.05) is 0 Å². The molecule has 1 heterocycles. The molecule has 2 atom stereocenters. The summed E-state index contributed by atoms with van der Waals surface area (Å²) in [4.78, 5) is -0.171. The molecule has 0 amide bonds. The van der Waals surface area contributed by atoms with Gasteiger partial charge < -0.3 is 9.84 Å². The van der Waals surface area contributed by atoms with Crippen molar-refractivity contribution in [2.75, 3.05) is 20.3 Å². The van der Waals surface area contributed by atoms with E-state index in [1.165, 1.54) is 7.11 Å². The summed E-state index contributed by atoms with van der Waals surface area (Å²) < 4.78 is 44.4. The third-order valence-corrected chi connectivity index (χ3v) is 5.75. The van der Waals surface area contributed by atoms with Crippen LogP contribution in [-0.4, -0.2) is 50.2 Å². The van der Waals surface area contributed by atoms with Crippen molar-refractivity contribution in [3.63, 3.8) is 0 Å². The largest absolute Gasteiger partial charge is 0.395 e. The molecular formula is C12H15ClFNO4S. The number of methoxy groups -OCH3 is 1. The van der Waals surface area contributed by atoms with Crippen molar-refractivity contribution < 1.29 is 22.7 Å². The summed E-state index contributed by atoms with van der Waals surface area (Å²) >= 11 is 5.81. The SMILES string of the molecule is CO[C@@H]1C[C@@H](CO)N(S(=O)(=O)c2ccc(F)cc2Cl)C1. The second kappa shape index (κ2) is 5.95. The molecule has 1 fully saturated rings.